The Morgan fingerprint density at radius 1 is 1.02 bits per heavy atom. The van der Waals surface area contributed by atoms with Crippen molar-refractivity contribution < 1.29 is 9.59 Å². The highest BCUT2D eigenvalue weighted by molar-refractivity contribution is 6.30. The summed E-state index contributed by atoms with van der Waals surface area (Å²) in [6, 6.07) is 18.1. The van der Waals surface area contributed by atoms with Crippen molar-refractivity contribution in [3.8, 4) is 5.69 Å². The maximum Gasteiger partial charge on any atom is 0.324 e. The molecule has 1 aliphatic rings. The molecule has 1 saturated heterocycles. The van der Waals surface area contributed by atoms with Gasteiger partial charge in [-0.15, -0.1) is 0 Å². The molecule has 2 amide bonds. The molecule has 43 heavy (non-hydrogen) atoms. The minimum absolute atomic E-state index is 0.0303. The summed E-state index contributed by atoms with van der Waals surface area (Å²) in [4.78, 5) is 42.0. The predicted octanol–water partition coefficient (Wildman–Crippen LogP) is 6.43. The number of ketones is 1. The second-order valence-electron chi connectivity index (χ2n) is 12.1. The van der Waals surface area contributed by atoms with Crippen LogP contribution in [0.15, 0.2) is 71.7 Å². The van der Waals surface area contributed by atoms with Gasteiger partial charge in [0.05, 0.1) is 17.3 Å². The van der Waals surface area contributed by atoms with Gasteiger partial charge < -0.3 is 15.6 Å². The van der Waals surface area contributed by atoms with Crippen LogP contribution in [-0.2, 0) is 5.41 Å². The van der Waals surface area contributed by atoms with Gasteiger partial charge in [0.15, 0.2) is 5.78 Å². The molecule has 2 aromatic carbocycles. The molecule has 10 heteroatoms. The van der Waals surface area contributed by atoms with Gasteiger partial charge in [0, 0.05) is 28.9 Å². The van der Waals surface area contributed by atoms with Gasteiger partial charge in [-0.2, -0.15) is 5.10 Å². The number of nitrogens with one attached hydrogen (secondary N) is 4. The number of para-hydroxylation sites is 1. The molecule has 0 bridgehead atoms. The molecule has 0 radical (unpaired) electrons. The lowest BCUT2D eigenvalue weighted by atomic mass is 9.76. The highest BCUT2D eigenvalue weighted by Gasteiger charge is 2.34. The lowest BCUT2D eigenvalue weighted by Crippen LogP contribution is -2.34. The fourth-order valence-electron chi connectivity index (χ4n) is 5.44. The summed E-state index contributed by atoms with van der Waals surface area (Å²) in [6.45, 7) is 9.81. The number of rotatable bonds is 7. The molecule has 3 heterocycles. The smallest absolute Gasteiger partial charge is 0.324 e. The number of carbonyl (C=O) groups is 2. The zero-order valence-corrected chi connectivity index (χ0v) is 25.6. The van der Waals surface area contributed by atoms with Crippen molar-refractivity contribution in [1.29, 1.82) is 0 Å². The molecule has 0 aliphatic carbocycles. The summed E-state index contributed by atoms with van der Waals surface area (Å²) in [7, 11) is 0. The number of benzene rings is 2. The minimum atomic E-state index is -0.550. The summed E-state index contributed by atoms with van der Waals surface area (Å²) in [6.07, 6.45) is 2.99. The lowest BCUT2D eigenvalue weighted by Gasteiger charge is -2.31. The third kappa shape index (κ3) is 6.89. The number of carbonyl (C=O) groups excluding carboxylic acids is 2. The number of aromatic amines is 1. The van der Waals surface area contributed by atoms with Crippen LogP contribution >= 0.6 is 11.6 Å². The van der Waals surface area contributed by atoms with E-state index in [0.29, 0.717) is 22.6 Å². The molecular formula is C33H37ClN6O3. The van der Waals surface area contributed by atoms with Crippen LogP contribution in [-0.4, -0.2) is 39.7 Å². The number of hydrogen-bond acceptors (Lipinski definition) is 5. The van der Waals surface area contributed by atoms with Gasteiger partial charge >= 0.3 is 6.03 Å². The number of piperidine rings is 1. The normalized spacial score (nSPS) is 14.7. The Kier molecular flexibility index (Phi) is 8.84. The summed E-state index contributed by atoms with van der Waals surface area (Å²) >= 11 is 6.09. The molecule has 0 saturated carbocycles. The van der Waals surface area contributed by atoms with E-state index in [-0.39, 0.29) is 22.1 Å². The number of halogens is 1. The van der Waals surface area contributed by atoms with Crippen LogP contribution in [0.3, 0.4) is 0 Å². The van der Waals surface area contributed by atoms with Crippen molar-refractivity contribution >= 4 is 34.9 Å². The molecule has 1 atom stereocenters. The van der Waals surface area contributed by atoms with E-state index < -0.39 is 17.5 Å². The van der Waals surface area contributed by atoms with Gasteiger partial charge in [0.25, 0.3) is 5.56 Å². The number of aromatic nitrogens is 3. The maximum absolute atomic E-state index is 14.0. The molecule has 224 valence electrons. The van der Waals surface area contributed by atoms with E-state index in [2.05, 4.69) is 41.7 Å². The van der Waals surface area contributed by atoms with Crippen LogP contribution in [0.4, 0.5) is 16.3 Å². The third-order valence-corrected chi connectivity index (χ3v) is 8.10. The van der Waals surface area contributed by atoms with Crippen molar-refractivity contribution in [3.63, 3.8) is 0 Å². The molecule has 5 rings (SSSR count). The van der Waals surface area contributed by atoms with E-state index in [1.165, 1.54) is 12.3 Å². The molecule has 1 fully saturated rings. The molecule has 1 unspecified atom stereocenters. The highest BCUT2D eigenvalue weighted by atomic mass is 35.5. The second-order valence-corrected chi connectivity index (χ2v) is 12.5. The Bertz CT molecular complexity index is 1680. The summed E-state index contributed by atoms with van der Waals surface area (Å²) < 4.78 is 1.73. The Morgan fingerprint density at radius 2 is 1.72 bits per heavy atom. The Balaban J connectivity index is 1.47. The van der Waals surface area contributed by atoms with Gasteiger partial charge in [0.1, 0.15) is 10.8 Å². The zero-order valence-electron chi connectivity index (χ0n) is 24.8. The fourth-order valence-corrected chi connectivity index (χ4v) is 5.61. The monoisotopic (exact) mass is 600 g/mol. The van der Waals surface area contributed by atoms with Crippen molar-refractivity contribution in [2.45, 2.75) is 51.9 Å². The van der Waals surface area contributed by atoms with E-state index in [9.17, 15) is 14.4 Å². The standard InChI is InChI=1S/C33H37ClN6O3/c1-20-9-11-23(12-10-20)40-28(18-27(39-40)33(2,3)4)38-32(43)37-26-8-6-5-7-24(26)29(21-13-15-35-16-14-21)30(41)22-17-25(34)31(42)36-19-22/h5-12,17-19,21,29,35H,13-16H2,1-4H3,(H,36,42)(H2,37,38,43). The van der Waals surface area contributed by atoms with Crippen LogP contribution in [0.25, 0.3) is 5.69 Å². The quantitative estimate of drug-likeness (QED) is 0.182. The molecule has 9 nitrogen and oxygen atoms in total. The van der Waals surface area contributed by atoms with E-state index in [1.807, 2.05) is 55.5 Å². The lowest BCUT2D eigenvalue weighted by molar-refractivity contribution is 0.0916. The van der Waals surface area contributed by atoms with Gasteiger partial charge in [-0.25, -0.2) is 9.48 Å². The molecule has 0 spiro atoms. The van der Waals surface area contributed by atoms with Gasteiger partial charge in [-0.3, -0.25) is 14.9 Å². The van der Waals surface area contributed by atoms with Gasteiger partial charge in [-0.1, -0.05) is 68.3 Å². The summed E-state index contributed by atoms with van der Waals surface area (Å²) in [5.74, 6) is -0.154. The number of aryl methyl sites for hydroxylation is 1. The largest absolute Gasteiger partial charge is 0.327 e. The van der Waals surface area contributed by atoms with E-state index >= 15 is 0 Å². The topological polar surface area (TPSA) is 121 Å². The third-order valence-electron chi connectivity index (χ3n) is 7.82. The highest BCUT2D eigenvalue weighted by Crippen LogP contribution is 2.38. The zero-order chi connectivity index (χ0) is 30.7. The molecule has 2 aromatic heterocycles. The first-order chi connectivity index (χ1) is 20.5. The molecule has 4 aromatic rings. The number of amides is 2. The average Bonchev–Trinajstić information content (AvgIpc) is 3.40. The van der Waals surface area contributed by atoms with E-state index in [0.717, 1.165) is 42.9 Å². The molecule has 1 aliphatic heterocycles. The van der Waals surface area contributed by atoms with Gasteiger partial charge in [0.2, 0.25) is 0 Å². The number of nitrogens with zero attached hydrogens (tertiary/aromatic N) is 2. The van der Waals surface area contributed by atoms with Crippen molar-refractivity contribution in [2.24, 2.45) is 5.92 Å². The predicted molar refractivity (Wildman–Crippen MR) is 171 cm³/mol. The molecule has 4 N–H and O–H groups in total. The van der Waals surface area contributed by atoms with Crippen molar-refractivity contribution in [3.05, 3.63) is 105 Å². The van der Waals surface area contributed by atoms with Crippen LogP contribution in [0, 0.1) is 12.8 Å². The minimum Gasteiger partial charge on any atom is -0.327 e. The van der Waals surface area contributed by atoms with Crippen molar-refractivity contribution in [2.75, 3.05) is 23.7 Å². The Labute approximate surface area is 256 Å². The van der Waals surface area contributed by atoms with Crippen LogP contribution < -0.4 is 21.5 Å². The average molecular weight is 601 g/mol. The molecular weight excluding hydrogens is 564 g/mol. The first kappa shape index (κ1) is 30.3. The van der Waals surface area contributed by atoms with E-state index in [1.54, 1.807) is 10.7 Å². The fraction of sp³-hybridized carbons (Fsp3) is 0.333. The number of H-pyrrole nitrogens is 1. The van der Waals surface area contributed by atoms with Crippen LogP contribution in [0.5, 0.6) is 0 Å². The van der Waals surface area contributed by atoms with Crippen molar-refractivity contribution in [1.82, 2.24) is 20.1 Å². The number of anilines is 2. The second kappa shape index (κ2) is 12.6. The summed E-state index contributed by atoms with van der Waals surface area (Å²) in [5.41, 5.74) is 3.66. The van der Waals surface area contributed by atoms with Gasteiger partial charge in [-0.05, 0) is 68.6 Å². The first-order valence-corrected chi connectivity index (χ1v) is 14.9. The van der Waals surface area contributed by atoms with Crippen LogP contribution in [0.1, 0.15) is 66.7 Å². The summed E-state index contributed by atoms with van der Waals surface area (Å²) in [5, 5.41) is 14.1. The van der Waals surface area contributed by atoms with E-state index in [4.69, 9.17) is 16.7 Å². The Morgan fingerprint density at radius 3 is 2.40 bits per heavy atom. The Hall–Kier alpha value is -4.21. The first-order valence-electron chi connectivity index (χ1n) is 14.5. The van der Waals surface area contributed by atoms with Crippen LogP contribution in [0.2, 0.25) is 5.02 Å². The number of pyridine rings is 1. The SMILES string of the molecule is Cc1ccc(-n2nc(C(C)(C)C)cc2NC(=O)Nc2ccccc2C(C(=O)c2c[nH]c(=O)c(Cl)c2)C2CCNCC2)cc1. The number of hydrogen-bond donors (Lipinski definition) is 4. The maximum atomic E-state index is 14.0. The number of Topliss-reactive ketones (excluding diaryl/α,β-unsaturated/α-hetero) is 1. The number of urea groups is 1.